The van der Waals surface area contributed by atoms with Gasteiger partial charge in [-0.15, -0.1) is 0 Å². The highest BCUT2D eigenvalue weighted by Gasteiger charge is 2.33. The van der Waals surface area contributed by atoms with Gasteiger partial charge in [0, 0.05) is 11.4 Å². The van der Waals surface area contributed by atoms with Crippen molar-refractivity contribution in [2.45, 2.75) is 33.7 Å². The van der Waals surface area contributed by atoms with Crippen molar-refractivity contribution < 1.29 is 9.53 Å². The summed E-state index contributed by atoms with van der Waals surface area (Å²) in [7, 11) is 0. The van der Waals surface area contributed by atoms with Crippen LogP contribution in [0.3, 0.4) is 0 Å². The van der Waals surface area contributed by atoms with Gasteiger partial charge in [-0.2, -0.15) is 10.1 Å². The smallest absolute Gasteiger partial charge is 0.255 e. The van der Waals surface area contributed by atoms with Gasteiger partial charge in [0.2, 0.25) is 5.95 Å². The molecule has 0 aliphatic carbocycles. The van der Waals surface area contributed by atoms with Crippen LogP contribution in [0, 0.1) is 13.8 Å². The Bertz CT molecular complexity index is 1130. The third-order valence-electron chi connectivity index (χ3n) is 5.15. The van der Waals surface area contributed by atoms with Gasteiger partial charge in [-0.05, 0) is 57.0 Å². The molecule has 1 unspecified atom stereocenters. The van der Waals surface area contributed by atoms with Gasteiger partial charge in [-0.1, -0.05) is 29.8 Å². The molecule has 2 heterocycles. The first-order valence-electron chi connectivity index (χ1n) is 9.96. The minimum Gasteiger partial charge on any atom is -0.494 e. The molecule has 1 aliphatic rings. The highest BCUT2D eigenvalue weighted by molar-refractivity contribution is 6.06. The van der Waals surface area contributed by atoms with Crippen molar-refractivity contribution >= 4 is 17.5 Å². The van der Waals surface area contributed by atoms with Gasteiger partial charge in [0.25, 0.3) is 5.91 Å². The molecular formula is C23H25N5O2. The van der Waals surface area contributed by atoms with Crippen LogP contribution >= 0.6 is 0 Å². The molecule has 3 aromatic rings. The number of anilines is 2. The quantitative estimate of drug-likeness (QED) is 0.667. The topological polar surface area (TPSA) is 81.1 Å². The molecule has 0 bridgehead atoms. The number of hydrogen-bond acceptors (Lipinski definition) is 5. The van der Waals surface area contributed by atoms with E-state index < -0.39 is 6.04 Å². The molecule has 0 radical (unpaired) electrons. The molecule has 2 N–H and O–H groups in total. The zero-order valence-corrected chi connectivity index (χ0v) is 17.6. The molecule has 1 aromatic heterocycles. The van der Waals surface area contributed by atoms with E-state index in [0.29, 0.717) is 18.1 Å². The second-order valence-corrected chi connectivity index (χ2v) is 7.37. The highest BCUT2D eigenvalue weighted by Crippen LogP contribution is 2.36. The number of hydrogen-bond donors (Lipinski definition) is 2. The average molecular weight is 403 g/mol. The van der Waals surface area contributed by atoms with Crippen molar-refractivity contribution in [3.05, 3.63) is 76.8 Å². The van der Waals surface area contributed by atoms with Crippen LogP contribution in [0.4, 0.5) is 11.6 Å². The molecule has 0 fully saturated rings. The fraction of sp³-hybridized carbons (Fsp3) is 0.261. The van der Waals surface area contributed by atoms with Crippen molar-refractivity contribution in [2.75, 3.05) is 17.2 Å². The molecule has 7 heteroatoms. The van der Waals surface area contributed by atoms with Gasteiger partial charge in [0.05, 0.1) is 12.2 Å². The van der Waals surface area contributed by atoms with Crippen LogP contribution in [0.25, 0.3) is 0 Å². The second kappa shape index (κ2) is 8.02. The Morgan fingerprint density at radius 1 is 1.20 bits per heavy atom. The number of fused-ring (bicyclic) bond motifs is 1. The number of aromatic nitrogens is 3. The van der Waals surface area contributed by atoms with Crippen molar-refractivity contribution in [1.82, 2.24) is 14.8 Å². The minimum atomic E-state index is -0.421. The summed E-state index contributed by atoms with van der Waals surface area (Å²) in [5.74, 6) is 1.17. The summed E-state index contributed by atoms with van der Waals surface area (Å²) in [4.78, 5) is 17.7. The van der Waals surface area contributed by atoms with Crippen LogP contribution in [0.15, 0.2) is 60.1 Å². The van der Waals surface area contributed by atoms with Crippen molar-refractivity contribution in [3.63, 3.8) is 0 Å². The fourth-order valence-electron chi connectivity index (χ4n) is 3.78. The van der Waals surface area contributed by atoms with Gasteiger partial charge in [-0.3, -0.25) is 4.79 Å². The van der Waals surface area contributed by atoms with Crippen molar-refractivity contribution in [1.29, 1.82) is 0 Å². The van der Waals surface area contributed by atoms with Crippen LogP contribution in [0.5, 0.6) is 5.75 Å². The molecule has 1 aliphatic heterocycles. The predicted octanol–water partition coefficient (Wildman–Crippen LogP) is 4.22. The van der Waals surface area contributed by atoms with Crippen LogP contribution in [-0.4, -0.2) is 27.3 Å². The van der Waals surface area contributed by atoms with Crippen LogP contribution in [0.2, 0.25) is 0 Å². The van der Waals surface area contributed by atoms with Crippen molar-refractivity contribution in [2.24, 2.45) is 0 Å². The summed E-state index contributed by atoms with van der Waals surface area (Å²) in [6.45, 7) is 8.42. The Kier molecular flexibility index (Phi) is 5.27. The maximum atomic E-state index is 13.4. The number of aryl methyl sites for hydroxylation is 2. The molecule has 0 saturated carbocycles. The monoisotopic (exact) mass is 403 g/mol. The van der Waals surface area contributed by atoms with Crippen LogP contribution < -0.4 is 15.4 Å². The van der Waals surface area contributed by atoms with E-state index in [1.54, 1.807) is 4.68 Å². The third-order valence-corrected chi connectivity index (χ3v) is 5.15. The zero-order valence-electron chi connectivity index (χ0n) is 17.6. The van der Waals surface area contributed by atoms with E-state index in [2.05, 4.69) is 26.8 Å². The Morgan fingerprint density at radius 3 is 2.80 bits per heavy atom. The number of rotatable bonds is 5. The standard InChI is InChI=1S/C23H25N5O2/c1-5-30-18-8-6-7-17(12-18)21-20(16(4)26-23-24-13-25-28(21)23)22(29)27-19-10-9-14(2)11-15(19)3/h6-13,21H,5H2,1-4H3,(H,27,29)(H,24,25,26). The molecule has 0 spiro atoms. The Labute approximate surface area is 175 Å². The molecule has 7 nitrogen and oxygen atoms in total. The van der Waals surface area contributed by atoms with Gasteiger partial charge >= 0.3 is 0 Å². The molecular weight excluding hydrogens is 378 g/mol. The second-order valence-electron chi connectivity index (χ2n) is 7.37. The van der Waals surface area contributed by atoms with E-state index in [0.717, 1.165) is 33.8 Å². The molecule has 1 atom stereocenters. The van der Waals surface area contributed by atoms with E-state index in [1.165, 1.54) is 6.33 Å². The Morgan fingerprint density at radius 2 is 2.03 bits per heavy atom. The number of ether oxygens (including phenoxy) is 1. The number of carbonyl (C=O) groups is 1. The molecule has 1 amide bonds. The van der Waals surface area contributed by atoms with Crippen LogP contribution in [-0.2, 0) is 4.79 Å². The number of nitrogens with one attached hydrogen (secondary N) is 2. The van der Waals surface area contributed by atoms with Gasteiger partial charge < -0.3 is 15.4 Å². The first-order chi connectivity index (χ1) is 14.5. The van der Waals surface area contributed by atoms with E-state index in [1.807, 2.05) is 64.1 Å². The van der Waals surface area contributed by atoms with E-state index in [4.69, 9.17) is 4.74 Å². The third kappa shape index (κ3) is 3.66. The van der Waals surface area contributed by atoms with Crippen molar-refractivity contribution in [3.8, 4) is 5.75 Å². The molecule has 30 heavy (non-hydrogen) atoms. The number of carbonyl (C=O) groups excluding carboxylic acids is 1. The zero-order chi connectivity index (χ0) is 21.3. The minimum absolute atomic E-state index is 0.181. The lowest BCUT2D eigenvalue weighted by atomic mass is 9.94. The van der Waals surface area contributed by atoms with Gasteiger partial charge in [0.15, 0.2) is 0 Å². The summed E-state index contributed by atoms with van der Waals surface area (Å²) in [5, 5.41) is 10.6. The van der Waals surface area contributed by atoms with E-state index in [9.17, 15) is 4.79 Å². The van der Waals surface area contributed by atoms with Gasteiger partial charge in [-0.25, -0.2) is 4.68 Å². The number of amides is 1. The number of nitrogens with zero attached hydrogens (tertiary/aromatic N) is 3. The molecule has 4 rings (SSSR count). The summed E-state index contributed by atoms with van der Waals surface area (Å²) >= 11 is 0. The summed E-state index contributed by atoms with van der Waals surface area (Å²) in [5.41, 5.74) is 5.18. The maximum Gasteiger partial charge on any atom is 0.255 e. The SMILES string of the molecule is CCOc1cccc(C2C(C(=O)Nc3ccc(C)cc3C)=C(C)Nc3ncnn32)c1. The predicted molar refractivity (Wildman–Crippen MR) is 117 cm³/mol. The largest absolute Gasteiger partial charge is 0.494 e. The lowest BCUT2D eigenvalue weighted by Gasteiger charge is -2.29. The summed E-state index contributed by atoms with van der Waals surface area (Å²) in [6, 6.07) is 13.3. The normalized spacial score (nSPS) is 15.4. The number of allylic oxidation sites excluding steroid dienone is 1. The summed E-state index contributed by atoms with van der Waals surface area (Å²) in [6.07, 6.45) is 1.49. The number of benzene rings is 2. The first-order valence-corrected chi connectivity index (χ1v) is 9.96. The molecule has 2 aromatic carbocycles. The van der Waals surface area contributed by atoms with Crippen LogP contribution in [0.1, 0.15) is 36.6 Å². The van der Waals surface area contributed by atoms with E-state index in [-0.39, 0.29) is 5.91 Å². The molecule has 154 valence electrons. The lowest BCUT2D eigenvalue weighted by Crippen LogP contribution is -2.31. The maximum absolute atomic E-state index is 13.4. The van der Waals surface area contributed by atoms with Gasteiger partial charge in [0.1, 0.15) is 18.1 Å². The average Bonchev–Trinajstić information content (AvgIpc) is 3.17. The lowest BCUT2D eigenvalue weighted by molar-refractivity contribution is -0.113. The highest BCUT2D eigenvalue weighted by atomic mass is 16.5. The van der Waals surface area contributed by atoms with E-state index >= 15 is 0 Å². The Hall–Kier alpha value is -3.61. The fourth-order valence-corrected chi connectivity index (χ4v) is 3.78. The first kappa shape index (κ1) is 19.7. The summed E-state index contributed by atoms with van der Waals surface area (Å²) < 4.78 is 7.41. The molecule has 0 saturated heterocycles. The Balaban J connectivity index is 1.76.